The Bertz CT molecular complexity index is 759. The zero-order valence-electron chi connectivity index (χ0n) is 10.4. The molecule has 0 unspecified atom stereocenters. The Balaban J connectivity index is 2.06. The smallest absolute Gasteiger partial charge is 0.135 e. The molecule has 7 heteroatoms. The minimum atomic E-state index is 0.479. The lowest BCUT2D eigenvalue weighted by atomic mass is 10.3. The molecule has 0 fully saturated rings. The van der Waals surface area contributed by atoms with Gasteiger partial charge in [-0.15, -0.1) is 5.10 Å². The van der Waals surface area contributed by atoms with Gasteiger partial charge in [-0.05, 0) is 32.0 Å². The minimum absolute atomic E-state index is 0.479. The minimum Gasteiger partial charge on any atom is -0.248 e. The van der Waals surface area contributed by atoms with Crippen LogP contribution in [0.25, 0.3) is 11.0 Å². The van der Waals surface area contributed by atoms with E-state index in [1.807, 2.05) is 24.6 Å². The SMILES string of the molecule is Cc1cc(C)n(Cn2nnc3cc(Cl)c(Cl)cc32)n1. The molecule has 0 N–H and O–H groups in total. The van der Waals surface area contributed by atoms with Gasteiger partial charge in [0.15, 0.2) is 0 Å². The Morgan fingerprint density at radius 1 is 1.05 bits per heavy atom. The highest BCUT2D eigenvalue weighted by Crippen LogP contribution is 2.26. The molecular formula is C12H11Cl2N5. The van der Waals surface area contributed by atoms with Gasteiger partial charge in [0.25, 0.3) is 0 Å². The zero-order valence-corrected chi connectivity index (χ0v) is 11.9. The first-order valence-corrected chi connectivity index (χ1v) is 6.49. The van der Waals surface area contributed by atoms with Crippen LogP contribution in [0.3, 0.4) is 0 Å². The standard InChI is InChI=1S/C12H11Cl2N5/c1-7-3-8(2)18(16-7)6-19-12-5-10(14)9(13)4-11(12)15-17-19/h3-5H,6H2,1-2H3. The molecular weight excluding hydrogens is 285 g/mol. The van der Waals surface area contributed by atoms with E-state index in [4.69, 9.17) is 23.2 Å². The number of hydrogen-bond acceptors (Lipinski definition) is 3. The molecule has 5 nitrogen and oxygen atoms in total. The van der Waals surface area contributed by atoms with Gasteiger partial charge in [0, 0.05) is 5.69 Å². The van der Waals surface area contributed by atoms with Gasteiger partial charge in [0.2, 0.25) is 0 Å². The van der Waals surface area contributed by atoms with E-state index in [9.17, 15) is 0 Å². The molecule has 98 valence electrons. The van der Waals surface area contributed by atoms with Gasteiger partial charge in [-0.25, -0.2) is 9.36 Å². The third kappa shape index (κ3) is 2.19. The molecule has 3 rings (SSSR count). The zero-order chi connectivity index (χ0) is 13.6. The summed E-state index contributed by atoms with van der Waals surface area (Å²) in [6.07, 6.45) is 0. The molecule has 0 atom stereocenters. The van der Waals surface area contributed by atoms with Gasteiger partial charge in [-0.3, -0.25) is 0 Å². The van der Waals surface area contributed by atoms with E-state index in [1.165, 1.54) is 0 Å². The summed E-state index contributed by atoms with van der Waals surface area (Å²) in [7, 11) is 0. The first-order valence-electron chi connectivity index (χ1n) is 5.74. The van der Waals surface area contributed by atoms with Gasteiger partial charge in [0.05, 0.1) is 21.3 Å². The maximum absolute atomic E-state index is 6.03. The van der Waals surface area contributed by atoms with E-state index in [1.54, 1.807) is 16.8 Å². The molecule has 1 aromatic carbocycles. The lowest BCUT2D eigenvalue weighted by molar-refractivity contribution is 0.491. The Labute approximate surface area is 119 Å². The van der Waals surface area contributed by atoms with E-state index in [-0.39, 0.29) is 0 Å². The van der Waals surface area contributed by atoms with Crippen LogP contribution in [0.1, 0.15) is 11.4 Å². The fourth-order valence-corrected chi connectivity index (χ4v) is 2.33. The predicted molar refractivity (Wildman–Crippen MR) is 74.6 cm³/mol. The van der Waals surface area contributed by atoms with Crippen molar-refractivity contribution in [3.8, 4) is 0 Å². The number of fused-ring (bicyclic) bond motifs is 1. The van der Waals surface area contributed by atoms with Crippen molar-refractivity contribution in [2.75, 3.05) is 0 Å². The van der Waals surface area contributed by atoms with Crippen LogP contribution in [0.5, 0.6) is 0 Å². The van der Waals surface area contributed by atoms with E-state index >= 15 is 0 Å². The largest absolute Gasteiger partial charge is 0.248 e. The predicted octanol–water partition coefficient (Wildman–Crippen LogP) is 3.06. The maximum Gasteiger partial charge on any atom is 0.135 e. The molecule has 0 radical (unpaired) electrons. The molecule has 0 saturated heterocycles. The normalized spacial score (nSPS) is 11.4. The summed E-state index contributed by atoms with van der Waals surface area (Å²) < 4.78 is 3.61. The Kier molecular flexibility index (Phi) is 2.95. The van der Waals surface area contributed by atoms with Gasteiger partial charge >= 0.3 is 0 Å². The molecule has 0 aliphatic rings. The lowest BCUT2D eigenvalue weighted by Gasteiger charge is -2.05. The van der Waals surface area contributed by atoms with Crippen LogP contribution in [-0.4, -0.2) is 24.8 Å². The summed E-state index contributed by atoms with van der Waals surface area (Å²) in [6.45, 7) is 4.46. The van der Waals surface area contributed by atoms with Gasteiger partial charge in [0.1, 0.15) is 12.2 Å². The molecule has 19 heavy (non-hydrogen) atoms. The molecule has 2 heterocycles. The van der Waals surface area contributed by atoms with E-state index in [0.717, 1.165) is 22.4 Å². The number of benzene rings is 1. The monoisotopic (exact) mass is 295 g/mol. The van der Waals surface area contributed by atoms with Crippen molar-refractivity contribution in [3.05, 3.63) is 39.6 Å². The molecule has 0 aliphatic heterocycles. The summed E-state index contributed by atoms with van der Waals surface area (Å²) in [5.41, 5.74) is 3.60. The van der Waals surface area contributed by atoms with Gasteiger partial charge in [-0.2, -0.15) is 5.10 Å². The van der Waals surface area contributed by atoms with Gasteiger partial charge in [-0.1, -0.05) is 28.4 Å². The van der Waals surface area contributed by atoms with Crippen LogP contribution < -0.4 is 0 Å². The Hall–Kier alpha value is -1.59. The van der Waals surface area contributed by atoms with Gasteiger partial charge < -0.3 is 0 Å². The highest BCUT2D eigenvalue weighted by atomic mass is 35.5. The van der Waals surface area contributed by atoms with Crippen LogP contribution in [0.4, 0.5) is 0 Å². The fraction of sp³-hybridized carbons (Fsp3) is 0.250. The van der Waals surface area contributed by atoms with Crippen molar-refractivity contribution in [2.45, 2.75) is 20.5 Å². The third-order valence-electron chi connectivity index (χ3n) is 2.93. The molecule has 0 spiro atoms. The summed E-state index contributed by atoms with van der Waals surface area (Å²) in [5, 5.41) is 13.6. The van der Waals surface area contributed by atoms with E-state index < -0.39 is 0 Å². The van der Waals surface area contributed by atoms with Crippen LogP contribution >= 0.6 is 23.2 Å². The highest BCUT2D eigenvalue weighted by molar-refractivity contribution is 6.42. The number of aromatic nitrogens is 5. The average Bonchev–Trinajstić information content (AvgIpc) is 2.86. The first-order chi connectivity index (χ1) is 9.04. The second-order valence-electron chi connectivity index (χ2n) is 4.41. The van der Waals surface area contributed by atoms with Crippen molar-refractivity contribution in [3.63, 3.8) is 0 Å². The number of aryl methyl sites for hydroxylation is 2. The van der Waals surface area contributed by atoms with Crippen molar-refractivity contribution >= 4 is 34.2 Å². The van der Waals surface area contributed by atoms with Crippen molar-refractivity contribution in [1.82, 2.24) is 24.8 Å². The van der Waals surface area contributed by atoms with Crippen LogP contribution in [-0.2, 0) is 6.67 Å². The molecule has 0 bridgehead atoms. The lowest BCUT2D eigenvalue weighted by Crippen LogP contribution is -2.12. The second-order valence-corrected chi connectivity index (χ2v) is 5.23. The van der Waals surface area contributed by atoms with E-state index in [0.29, 0.717) is 16.7 Å². The fourth-order valence-electron chi connectivity index (χ4n) is 2.01. The van der Waals surface area contributed by atoms with Crippen molar-refractivity contribution in [1.29, 1.82) is 0 Å². The van der Waals surface area contributed by atoms with Crippen LogP contribution in [0.15, 0.2) is 18.2 Å². The summed E-state index contributed by atoms with van der Waals surface area (Å²) in [6, 6.07) is 5.50. The van der Waals surface area contributed by atoms with Crippen molar-refractivity contribution < 1.29 is 0 Å². The van der Waals surface area contributed by atoms with Crippen molar-refractivity contribution in [2.24, 2.45) is 0 Å². The number of nitrogens with zero attached hydrogens (tertiary/aromatic N) is 5. The number of halogens is 2. The number of rotatable bonds is 2. The Morgan fingerprint density at radius 3 is 2.47 bits per heavy atom. The first kappa shape index (κ1) is 12.4. The highest BCUT2D eigenvalue weighted by Gasteiger charge is 2.10. The molecule has 0 aliphatic carbocycles. The van der Waals surface area contributed by atoms with E-state index in [2.05, 4.69) is 15.4 Å². The summed E-state index contributed by atoms with van der Waals surface area (Å²) in [4.78, 5) is 0. The molecule has 2 aromatic heterocycles. The quantitative estimate of drug-likeness (QED) is 0.730. The third-order valence-corrected chi connectivity index (χ3v) is 3.65. The maximum atomic E-state index is 6.03. The van der Waals surface area contributed by atoms with Crippen LogP contribution in [0.2, 0.25) is 10.0 Å². The topological polar surface area (TPSA) is 48.5 Å². The average molecular weight is 296 g/mol. The molecule has 3 aromatic rings. The number of hydrogen-bond donors (Lipinski definition) is 0. The molecule has 0 saturated carbocycles. The summed E-state index contributed by atoms with van der Waals surface area (Å²) >= 11 is 12.0. The Morgan fingerprint density at radius 2 is 1.79 bits per heavy atom. The van der Waals surface area contributed by atoms with Crippen LogP contribution in [0, 0.1) is 13.8 Å². The molecule has 0 amide bonds. The second kappa shape index (κ2) is 4.51. The summed E-state index contributed by atoms with van der Waals surface area (Å²) in [5.74, 6) is 0.